The summed E-state index contributed by atoms with van der Waals surface area (Å²) in [5.41, 5.74) is 1.15. The molecule has 0 aromatic rings. The van der Waals surface area contributed by atoms with Gasteiger partial charge >= 0.3 is 0 Å². The van der Waals surface area contributed by atoms with Crippen molar-refractivity contribution in [3.8, 4) is 0 Å². The van der Waals surface area contributed by atoms with Crippen LogP contribution in [0, 0.1) is 0 Å². The standard InChI is InChI=1S/C11H18ClNO2Si/c1-8-9(2)11(15)13(10(8)14)6-5-7-16(3,4)12/h5-7H2,1-4H3. The second kappa shape index (κ2) is 4.71. The lowest BCUT2D eigenvalue weighted by Crippen LogP contribution is -2.33. The van der Waals surface area contributed by atoms with E-state index in [1.807, 2.05) is 0 Å². The van der Waals surface area contributed by atoms with Gasteiger partial charge in [-0.3, -0.25) is 14.5 Å². The fourth-order valence-electron chi connectivity index (χ4n) is 1.68. The number of rotatable bonds is 4. The van der Waals surface area contributed by atoms with Gasteiger partial charge < -0.3 is 0 Å². The molecule has 0 atom stereocenters. The molecule has 0 bridgehead atoms. The van der Waals surface area contributed by atoms with E-state index in [-0.39, 0.29) is 11.8 Å². The van der Waals surface area contributed by atoms with E-state index in [2.05, 4.69) is 13.1 Å². The Labute approximate surface area is 102 Å². The molecule has 1 heterocycles. The molecule has 1 aliphatic heterocycles. The summed E-state index contributed by atoms with van der Waals surface area (Å²) in [6, 6.07) is 0.920. The Kier molecular flexibility index (Phi) is 3.96. The van der Waals surface area contributed by atoms with Crippen molar-refractivity contribution < 1.29 is 9.59 Å². The average Bonchev–Trinajstić information content (AvgIpc) is 2.33. The van der Waals surface area contributed by atoms with Crippen molar-refractivity contribution in [1.29, 1.82) is 0 Å². The summed E-state index contributed by atoms with van der Waals surface area (Å²) in [7, 11) is -1.60. The monoisotopic (exact) mass is 259 g/mol. The lowest BCUT2D eigenvalue weighted by molar-refractivity contribution is -0.137. The van der Waals surface area contributed by atoms with E-state index >= 15 is 0 Å². The lowest BCUT2D eigenvalue weighted by Gasteiger charge is -2.17. The molecule has 0 spiro atoms. The highest BCUT2D eigenvalue weighted by atomic mass is 35.6. The largest absolute Gasteiger partial charge is 0.275 e. The van der Waals surface area contributed by atoms with Crippen LogP contribution < -0.4 is 0 Å². The van der Waals surface area contributed by atoms with Crippen molar-refractivity contribution in [2.75, 3.05) is 6.54 Å². The maximum atomic E-state index is 11.7. The molecule has 0 N–H and O–H groups in total. The Morgan fingerprint density at radius 3 is 1.94 bits per heavy atom. The Morgan fingerprint density at radius 2 is 1.56 bits per heavy atom. The van der Waals surface area contributed by atoms with Gasteiger partial charge in [0, 0.05) is 17.7 Å². The van der Waals surface area contributed by atoms with Crippen LogP contribution in [0.25, 0.3) is 0 Å². The summed E-state index contributed by atoms with van der Waals surface area (Å²) >= 11 is 6.19. The van der Waals surface area contributed by atoms with E-state index in [0.29, 0.717) is 17.7 Å². The first kappa shape index (κ1) is 13.5. The first-order chi connectivity index (χ1) is 7.24. The highest BCUT2D eigenvalue weighted by Gasteiger charge is 2.33. The summed E-state index contributed by atoms with van der Waals surface area (Å²) in [5.74, 6) is -0.284. The van der Waals surface area contributed by atoms with Gasteiger partial charge in [0.15, 0.2) is 7.38 Å². The summed E-state index contributed by atoms with van der Waals surface area (Å²) < 4.78 is 0. The molecule has 16 heavy (non-hydrogen) atoms. The minimum atomic E-state index is -1.60. The summed E-state index contributed by atoms with van der Waals surface area (Å²) in [4.78, 5) is 24.7. The first-order valence-corrected chi connectivity index (χ1v) is 9.68. The zero-order valence-corrected chi connectivity index (χ0v) is 12.0. The van der Waals surface area contributed by atoms with Crippen LogP contribution in [0.2, 0.25) is 19.1 Å². The normalized spacial score (nSPS) is 17.7. The molecule has 0 unspecified atom stereocenters. The maximum Gasteiger partial charge on any atom is 0.256 e. The van der Waals surface area contributed by atoms with Gasteiger partial charge in [0.05, 0.1) is 0 Å². The molecule has 0 radical (unpaired) electrons. The molecule has 0 saturated carbocycles. The third-order valence-corrected chi connectivity index (χ3v) is 4.96. The number of amides is 2. The van der Waals surface area contributed by atoms with Crippen molar-refractivity contribution in [2.24, 2.45) is 0 Å². The number of hydrogen-bond donors (Lipinski definition) is 0. The van der Waals surface area contributed by atoms with Crippen LogP contribution in [0.4, 0.5) is 0 Å². The van der Waals surface area contributed by atoms with Crippen LogP contribution in [-0.4, -0.2) is 30.6 Å². The molecule has 0 aromatic carbocycles. The molecule has 90 valence electrons. The van der Waals surface area contributed by atoms with E-state index in [0.717, 1.165) is 12.5 Å². The van der Waals surface area contributed by atoms with Gasteiger partial charge in [0.1, 0.15) is 0 Å². The minimum absolute atomic E-state index is 0.142. The van der Waals surface area contributed by atoms with E-state index in [1.165, 1.54) is 4.90 Å². The Balaban J connectivity index is 2.53. The third kappa shape index (κ3) is 2.95. The van der Waals surface area contributed by atoms with Crippen LogP contribution in [-0.2, 0) is 9.59 Å². The number of hydrogen-bond acceptors (Lipinski definition) is 2. The summed E-state index contributed by atoms with van der Waals surface area (Å²) in [6.07, 6.45) is 0.806. The van der Waals surface area contributed by atoms with Crippen LogP contribution >= 0.6 is 11.1 Å². The first-order valence-electron chi connectivity index (χ1n) is 5.46. The topological polar surface area (TPSA) is 37.4 Å². The minimum Gasteiger partial charge on any atom is -0.275 e. The SMILES string of the molecule is CC1=C(C)C(=O)N(CCC[Si](C)(C)Cl)C1=O. The highest BCUT2D eigenvalue weighted by molar-refractivity contribution is 7.19. The molecule has 0 aliphatic carbocycles. The van der Waals surface area contributed by atoms with E-state index in [9.17, 15) is 9.59 Å². The molecule has 3 nitrogen and oxygen atoms in total. The molecule has 0 fully saturated rings. The van der Waals surface area contributed by atoms with Crippen LogP contribution in [0.3, 0.4) is 0 Å². The second-order valence-corrected chi connectivity index (χ2v) is 11.8. The van der Waals surface area contributed by atoms with Crippen LogP contribution in [0.1, 0.15) is 20.3 Å². The quantitative estimate of drug-likeness (QED) is 0.442. The number of carbonyl (C=O) groups excluding carboxylic acids is 2. The Morgan fingerprint density at radius 1 is 1.12 bits per heavy atom. The van der Waals surface area contributed by atoms with Crippen LogP contribution in [0.5, 0.6) is 0 Å². The van der Waals surface area contributed by atoms with Gasteiger partial charge in [-0.25, -0.2) is 0 Å². The number of imide groups is 1. The summed E-state index contributed by atoms with van der Waals surface area (Å²) in [5, 5.41) is 0. The van der Waals surface area contributed by atoms with E-state index in [4.69, 9.17) is 11.1 Å². The Bertz CT molecular complexity index is 333. The van der Waals surface area contributed by atoms with Crippen molar-refractivity contribution in [1.82, 2.24) is 4.90 Å². The van der Waals surface area contributed by atoms with Gasteiger partial charge in [0.2, 0.25) is 0 Å². The zero-order valence-electron chi connectivity index (χ0n) is 10.3. The van der Waals surface area contributed by atoms with Gasteiger partial charge in [-0.05, 0) is 26.3 Å². The number of halogens is 1. The lowest BCUT2D eigenvalue weighted by atomic mass is 10.2. The van der Waals surface area contributed by atoms with Gasteiger partial charge in [0.25, 0.3) is 11.8 Å². The molecule has 2 amide bonds. The molecular weight excluding hydrogens is 242 g/mol. The molecule has 0 saturated heterocycles. The predicted molar refractivity (Wildman–Crippen MR) is 67.9 cm³/mol. The van der Waals surface area contributed by atoms with Gasteiger partial charge in [-0.15, -0.1) is 0 Å². The average molecular weight is 260 g/mol. The Hall–Kier alpha value is -0.613. The summed E-state index contributed by atoms with van der Waals surface area (Å²) in [6.45, 7) is 8.04. The molecular formula is C11H18ClNO2Si. The fraction of sp³-hybridized carbons (Fsp3) is 0.636. The molecule has 1 rings (SSSR count). The number of carbonyl (C=O) groups is 2. The van der Waals surface area contributed by atoms with Gasteiger partial charge in [-0.1, -0.05) is 13.1 Å². The van der Waals surface area contributed by atoms with Crippen LogP contribution in [0.15, 0.2) is 11.1 Å². The van der Waals surface area contributed by atoms with Crippen molar-refractivity contribution >= 4 is 30.3 Å². The molecule has 0 aromatic heterocycles. The predicted octanol–water partition coefficient (Wildman–Crippen LogP) is 2.53. The maximum absolute atomic E-state index is 11.7. The van der Waals surface area contributed by atoms with Crippen molar-refractivity contribution in [3.05, 3.63) is 11.1 Å². The molecule has 1 aliphatic rings. The second-order valence-electron chi connectivity index (χ2n) is 4.83. The smallest absolute Gasteiger partial charge is 0.256 e. The van der Waals surface area contributed by atoms with Crippen molar-refractivity contribution in [3.63, 3.8) is 0 Å². The third-order valence-electron chi connectivity index (χ3n) is 2.85. The van der Waals surface area contributed by atoms with E-state index < -0.39 is 7.38 Å². The highest BCUT2D eigenvalue weighted by Crippen LogP contribution is 2.22. The fourth-order valence-corrected chi connectivity index (χ4v) is 3.08. The molecule has 5 heteroatoms. The number of nitrogens with zero attached hydrogens (tertiary/aromatic N) is 1. The zero-order chi connectivity index (χ0) is 12.5. The van der Waals surface area contributed by atoms with Gasteiger partial charge in [-0.2, -0.15) is 11.1 Å². The van der Waals surface area contributed by atoms with Crippen molar-refractivity contribution in [2.45, 2.75) is 39.4 Å². The van der Waals surface area contributed by atoms with E-state index in [1.54, 1.807) is 13.8 Å².